The number of nitrogens with one attached hydrogen (secondary N) is 1. The summed E-state index contributed by atoms with van der Waals surface area (Å²) in [4.78, 5) is 15.3. The third-order valence-corrected chi connectivity index (χ3v) is 2.44. The summed E-state index contributed by atoms with van der Waals surface area (Å²) >= 11 is 3.33. The molecule has 0 unspecified atom stereocenters. The van der Waals surface area contributed by atoms with Crippen molar-refractivity contribution < 1.29 is 4.79 Å². The van der Waals surface area contributed by atoms with E-state index in [0.717, 1.165) is 10.2 Å². The van der Waals surface area contributed by atoms with E-state index in [1.807, 2.05) is 6.07 Å². The van der Waals surface area contributed by atoms with Gasteiger partial charge >= 0.3 is 0 Å². The number of rotatable bonds is 2. The lowest BCUT2D eigenvalue weighted by Gasteiger charge is -2.00. The Kier molecular flexibility index (Phi) is 3.00. The Morgan fingerprint density at radius 3 is 3.00 bits per heavy atom. The van der Waals surface area contributed by atoms with Gasteiger partial charge in [0.25, 0.3) is 5.91 Å². The van der Waals surface area contributed by atoms with E-state index in [2.05, 4.69) is 31.3 Å². The standard InChI is InChI=1S/C10H9BrN4O/c1-12-10(16)9-2-3-15(14-9)8-4-7(11)5-13-6-8/h2-6H,1H3,(H,12,16). The monoisotopic (exact) mass is 280 g/mol. The number of hydrogen-bond acceptors (Lipinski definition) is 3. The second-order valence-corrected chi connectivity index (χ2v) is 4.00. The first-order valence-electron chi connectivity index (χ1n) is 4.59. The fourth-order valence-corrected chi connectivity index (χ4v) is 1.60. The first-order chi connectivity index (χ1) is 7.70. The number of carbonyl (C=O) groups excluding carboxylic acids is 1. The number of amides is 1. The van der Waals surface area contributed by atoms with Crippen molar-refractivity contribution in [1.82, 2.24) is 20.1 Å². The zero-order valence-corrected chi connectivity index (χ0v) is 10.1. The van der Waals surface area contributed by atoms with E-state index in [1.54, 1.807) is 36.4 Å². The molecule has 0 aliphatic carbocycles. The van der Waals surface area contributed by atoms with Crippen molar-refractivity contribution in [2.24, 2.45) is 0 Å². The average molecular weight is 281 g/mol. The number of halogens is 1. The van der Waals surface area contributed by atoms with Crippen LogP contribution in [0.4, 0.5) is 0 Å². The highest BCUT2D eigenvalue weighted by Crippen LogP contribution is 2.13. The van der Waals surface area contributed by atoms with Crippen molar-refractivity contribution in [3.05, 3.63) is 40.9 Å². The quantitative estimate of drug-likeness (QED) is 0.905. The molecular formula is C10H9BrN4O. The van der Waals surface area contributed by atoms with Gasteiger partial charge in [0.2, 0.25) is 0 Å². The van der Waals surface area contributed by atoms with Crippen LogP contribution >= 0.6 is 15.9 Å². The van der Waals surface area contributed by atoms with Crippen molar-refractivity contribution in [3.63, 3.8) is 0 Å². The average Bonchev–Trinajstić information content (AvgIpc) is 2.77. The fraction of sp³-hybridized carbons (Fsp3) is 0.100. The number of aromatic nitrogens is 3. The molecule has 0 aliphatic rings. The van der Waals surface area contributed by atoms with Gasteiger partial charge in [-0.3, -0.25) is 9.78 Å². The molecule has 0 saturated carbocycles. The smallest absolute Gasteiger partial charge is 0.271 e. The molecule has 2 heterocycles. The van der Waals surface area contributed by atoms with E-state index in [4.69, 9.17) is 0 Å². The zero-order chi connectivity index (χ0) is 11.5. The SMILES string of the molecule is CNC(=O)c1ccn(-c2cncc(Br)c2)n1. The number of nitrogens with zero attached hydrogens (tertiary/aromatic N) is 3. The van der Waals surface area contributed by atoms with Gasteiger partial charge < -0.3 is 5.32 Å². The van der Waals surface area contributed by atoms with Gasteiger partial charge in [0.05, 0.1) is 11.9 Å². The van der Waals surface area contributed by atoms with Crippen LogP contribution in [0.5, 0.6) is 0 Å². The first kappa shape index (κ1) is 10.8. The molecular weight excluding hydrogens is 272 g/mol. The van der Waals surface area contributed by atoms with E-state index >= 15 is 0 Å². The molecule has 2 aromatic heterocycles. The minimum Gasteiger partial charge on any atom is -0.354 e. The second-order valence-electron chi connectivity index (χ2n) is 3.09. The first-order valence-corrected chi connectivity index (χ1v) is 5.38. The summed E-state index contributed by atoms with van der Waals surface area (Å²) < 4.78 is 2.46. The van der Waals surface area contributed by atoms with Gasteiger partial charge in [0, 0.05) is 23.9 Å². The lowest BCUT2D eigenvalue weighted by atomic mass is 10.4. The number of pyridine rings is 1. The van der Waals surface area contributed by atoms with Crippen LogP contribution in [0, 0.1) is 0 Å². The van der Waals surface area contributed by atoms with Crippen LogP contribution in [0.2, 0.25) is 0 Å². The van der Waals surface area contributed by atoms with Crippen molar-refractivity contribution >= 4 is 21.8 Å². The van der Waals surface area contributed by atoms with Gasteiger partial charge in [-0.2, -0.15) is 5.10 Å². The van der Waals surface area contributed by atoms with Crippen LogP contribution in [-0.4, -0.2) is 27.7 Å². The minimum absolute atomic E-state index is 0.207. The highest BCUT2D eigenvalue weighted by molar-refractivity contribution is 9.10. The van der Waals surface area contributed by atoms with Crippen LogP contribution in [-0.2, 0) is 0 Å². The third kappa shape index (κ3) is 2.11. The van der Waals surface area contributed by atoms with Gasteiger partial charge in [-0.05, 0) is 28.1 Å². The summed E-state index contributed by atoms with van der Waals surface area (Å²) in [7, 11) is 1.57. The molecule has 0 saturated heterocycles. The largest absolute Gasteiger partial charge is 0.354 e. The molecule has 0 spiro atoms. The molecule has 0 radical (unpaired) electrons. The molecule has 2 aromatic rings. The maximum atomic E-state index is 11.3. The van der Waals surface area contributed by atoms with E-state index in [-0.39, 0.29) is 5.91 Å². The third-order valence-electron chi connectivity index (χ3n) is 2.00. The summed E-state index contributed by atoms with van der Waals surface area (Å²) in [5.74, 6) is -0.207. The van der Waals surface area contributed by atoms with Crippen LogP contribution in [0.3, 0.4) is 0 Å². The maximum Gasteiger partial charge on any atom is 0.271 e. The molecule has 5 nitrogen and oxygen atoms in total. The van der Waals surface area contributed by atoms with Gasteiger partial charge in [-0.25, -0.2) is 4.68 Å². The fourth-order valence-electron chi connectivity index (χ4n) is 1.24. The molecule has 82 valence electrons. The Hall–Kier alpha value is -1.69. The highest BCUT2D eigenvalue weighted by Gasteiger charge is 2.07. The Balaban J connectivity index is 2.35. The minimum atomic E-state index is -0.207. The summed E-state index contributed by atoms with van der Waals surface area (Å²) in [6, 6.07) is 3.52. The lowest BCUT2D eigenvalue weighted by Crippen LogP contribution is -2.18. The van der Waals surface area contributed by atoms with Crippen LogP contribution in [0.15, 0.2) is 35.2 Å². The molecule has 0 aliphatic heterocycles. The zero-order valence-electron chi connectivity index (χ0n) is 8.51. The Labute approximate surface area is 101 Å². The summed E-state index contributed by atoms with van der Waals surface area (Å²) in [5.41, 5.74) is 1.17. The lowest BCUT2D eigenvalue weighted by molar-refractivity contribution is 0.0958. The normalized spacial score (nSPS) is 10.1. The molecule has 1 amide bonds. The van der Waals surface area contributed by atoms with Crippen molar-refractivity contribution in [2.75, 3.05) is 7.05 Å². The molecule has 6 heteroatoms. The maximum absolute atomic E-state index is 11.3. The predicted octanol–water partition coefficient (Wildman–Crippen LogP) is 1.39. The van der Waals surface area contributed by atoms with Crippen molar-refractivity contribution in [3.8, 4) is 5.69 Å². The number of carbonyl (C=O) groups is 1. The highest BCUT2D eigenvalue weighted by atomic mass is 79.9. The van der Waals surface area contributed by atoms with Crippen molar-refractivity contribution in [2.45, 2.75) is 0 Å². The summed E-state index contributed by atoms with van der Waals surface area (Å²) in [6.07, 6.45) is 5.08. The van der Waals surface area contributed by atoms with E-state index in [9.17, 15) is 4.79 Å². The Bertz CT molecular complexity index is 523. The molecule has 2 rings (SSSR count). The van der Waals surface area contributed by atoms with Gasteiger partial charge in [-0.15, -0.1) is 0 Å². The van der Waals surface area contributed by atoms with Gasteiger partial charge in [-0.1, -0.05) is 0 Å². The molecule has 0 bridgehead atoms. The van der Waals surface area contributed by atoms with E-state index < -0.39 is 0 Å². The Morgan fingerprint density at radius 1 is 1.50 bits per heavy atom. The topological polar surface area (TPSA) is 59.8 Å². The second kappa shape index (κ2) is 4.44. The van der Waals surface area contributed by atoms with Crippen LogP contribution in [0.1, 0.15) is 10.5 Å². The van der Waals surface area contributed by atoms with Gasteiger partial charge in [0.15, 0.2) is 5.69 Å². The van der Waals surface area contributed by atoms with Crippen molar-refractivity contribution in [1.29, 1.82) is 0 Å². The van der Waals surface area contributed by atoms with E-state index in [0.29, 0.717) is 5.69 Å². The molecule has 0 aromatic carbocycles. The van der Waals surface area contributed by atoms with Crippen LogP contribution in [0.25, 0.3) is 5.69 Å². The van der Waals surface area contributed by atoms with Crippen LogP contribution < -0.4 is 5.32 Å². The number of hydrogen-bond donors (Lipinski definition) is 1. The van der Waals surface area contributed by atoms with Gasteiger partial charge in [0.1, 0.15) is 0 Å². The molecule has 1 N–H and O–H groups in total. The molecule has 16 heavy (non-hydrogen) atoms. The van der Waals surface area contributed by atoms with E-state index in [1.165, 1.54) is 0 Å². The predicted molar refractivity (Wildman–Crippen MR) is 62.4 cm³/mol. The molecule has 0 fully saturated rings. The molecule has 0 atom stereocenters. The summed E-state index contributed by atoms with van der Waals surface area (Å²) in [5, 5.41) is 6.65. The summed E-state index contributed by atoms with van der Waals surface area (Å²) in [6.45, 7) is 0. The Morgan fingerprint density at radius 2 is 2.31 bits per heavy atom.